The molecule has 0 radical (unpaired) electrons. The van der Waals surface area contributed by atoms with E-state index in [1.807, 2.05) is 0 Å². The van der Waals surface area contributed by atoms with E-state index in [4.69, 9.17) is 0 Å². The Morgan fingerprint density at radius 3 is 1.78 bits per heavy atom. The molecule has 0 unspecified atom stereocenters. The van der Waals surface area contributed by atoms with Gasteiger partial charge in [0.2, 0.25) is 0 Å². The average Bonchev–Trinajstić information content (AvgIpc) is 2.52. The quantitative estimate of drug-likeness (QED) is 0.504. The number of alkyl halides is 6. The van der Waals surface area contributed by atoms with Gasteiger partial charge >= 0.3 is 12.4 Å². The van der Waals surface area contributed by atoms with Crippen molar-refractivity contribution in [1.82, 2.24) is 0 Å². The second-order valence-corrected chi connectivity index (χ2v) is 7.21. The summed E-state index contributed by atoms with van der Waals surface area (Å²) in [4.78, 5) is 0. The van der Waals surface area contributed by atoms with Crippen LogP contribution >= 0.6 is 0 Å². The molecule has 6 heteroatoms. The van der Waals surface area contributed by atoms with E-state index in [-0.39, 0.29) is 11.1 Å². The molecule has 0 aliphatic heterocycles. The molecule has 27 heavy (non-hydrogen) atoms. The number of halogens is 6. The summed E-state index contributed by atoms with van der Waals surface area (Å²) in [6, 6.07) is 8.81. The Hall–Kier alpha value is -1.98. The average molecular weight is 388 g/mol. The van der Waals surface area contributed by atoms with Gasteiger partial charge in [-0.15, -0.1) is 0 Å². The van der Waals surface area contributed by atoms with Crippen LogP contribution in [0.3, 0.4) is 0 Å². The van der Waals surface area contributed by atoms with Crippen LogP contribution in [0.1, 0.15) is 33.4 Å². The molecule has 148 valence electrons. The van der Waals surface area contributed by atoms with Gasteiger partial charge < -0.3 is 0 Å². The monoisotopic (exact) mass is 388 g/mol. The zero-order chi connectivity index (χ0) is 20.6. The summed E-state index contributed by atoms with van der Waals surface area (Å²) in [6.07, 6.45) is -13.2. The van der Waals surface area contributed by atoms with Crippen molar-refractivity contribution in [2.45, 2.75) is 52.9 Å². The fourth-order valence-electron chi connectivity index (χ4n) is 3.21. The molecule has 0 bridgehead atoms. The van der Waals surface area contributed by atoms with Crippen molar-refractivity contribution >= 4 is 0 Å². The molecule has 2 rings (SSSR count). The van der Waals surface area contributed by atoms with Crippen LogP contribution in [0.2, 0.25) is 0 Å². The Bertz CT molecular complexity index is 800. The molecule has 2 aromatic rings. The minimum Gasteiger partial charge on any atom is -0.170 e. The topological polar surface area (TPSA) is 0 Å². The minimum absolute atomic E-state index is 0.0260. The second kappa shape index (κ2) is 7.21. The smallest absolute Gasteiger partial charge is 0.170 e. The molecule has 0 fully saturated rings. The third kappa shape index (κ3) is 4.14. The Balaban J connectivity index is 2.63. The van der Waals surface area contributed by atoms with Crippen molar-refractivity contribution < 1.29 is 26.3 Å². The van der Waals surface area contributed by atoms with Gasteiger partial charge in [0.1, 0.15) is 0 Å². The first-order valence-corrected chi connectivity index (χ1v) is 8.53. The molecule has 0 N–H and O–H groups in total. The maximum Gasteiger partial charge on any atom is 0.403 e. The number of rotatable bonds is 4. The highest BCUT2D eigenvalue weighted by Crippen LogP contribution is 2.54. The first-order valence-electron chi connectivity index (χ1n) is 8.53. The third-order valence-electron chi connectivity index (χ3n) is 5.37. The van der Waals surface area contributed by atoms with Crippen LogP contribution in [-0.2, 0) is 12.8 Å². The molecule has 0 spiro atoms. The normalized spacial score (nSPS) is 13.1. The van der Waals surface area contributed by atoms with Gasteiger partial charge in [-0.3, -0.25) is 0 Å². The summed E-state index contributed by atoms with van der Waals surface area (Å²) in [5.41, 5.74) is -1.16. The van der Waals surface area contributed by atoms with E-state index in [2.05, 4.69) is 0 Å². The molecular weight excluding hydrogens is 366 g/mol. The highest BCUT2D eigenvalue weighted by Gasteiger charge is 2.70. The number of benzene rings is 2. The van der Waals surface area contributed by atoms with Crippen LogP contribution in [0.5, 0.6) is 0 Å². The molecular formula is C21H22F6. The summed E-state index contributed by atoms with van der Waals surface area (Å²) < 4.78 is 83.6. The predicted molar refractivity (Wildman–Crippen MR) is 93.8 cm³/mol. The number of hydrogen-bond acceptors (Lipinski definition) is 0. The lowest BCUT2D eigenvalue weighted by Crippen LogP contribution is -2.53. The maximum atomic E-state index is 13.9. The maximum absolute atomic E-state index is 13.9. The van der Waals surface area contributed by atoms with E-state index < -0.39 is 30.6 Å². The SMILES string of the molecule is Cc1ccc(CC(Cc2cccc(C)c2C)(C(F)(F)F)C(F)(F)F)cc1C. The minimum atomic E-state index is -5.44. The Kier molecular flexibility index (Phi) is 5.69. The van der Waals surface area contributed by atoms with Gasteiger partial charge in [0.15, 0.2) is 5.41 Å². The van der Waals surface area contributed by atoms with Crippen LogP contribution in [0, 0.1) is 33.1 Å². The Labute approximate surface area is 155 Å². The summed E-state index contributed by atoms with van der Waals surface area (Å²) in [7, 11) is 0. The zero-order valence-electron chi connectivity index (χ0n) is 15.6. The lowest BCUT2D eigenvalue weighted by Gasteiger charge is -2.38. The Morgan fingerprint density at radius 2 is 1.26 bits per heavy atom. The van der Waals surface area contributed by atoms with E-state index in [9.17, 15) is 26.3 Å². The fourth-order valence-corrected chi connectivity index (χ4v) is 3.21. The number of aryl methyl sites for hydroxylation is 3. The summed E-state index contributed by atoms with van der Waals surface area (Å²) in [5, 5.41) is 0. The number of hydrogen-bond donors (Lipinski definition) is 0. The largest absolute Gasteiger partial charge is 0.403 e. The molecule has 0 nitrogen and oxygen atoms in total. The van der Waals surface area contributed by atoms with Gasteiger partial charge in [0.25, 0.3) is 0 Å². The molecule has 0 saturated carbocycles. The first-order chi connectivity index (χ1) is 12.3. The van der Waals surface area contributed by atoms with Crippen LogP contribution < -0.4 is 0 Å². The molecule has 0 aliphatic carbocycles. The first kappa shape index (κ1) is 21.3. The molecule has 0 atom stereocenters. The molecule has 0 amide bonds. The van der Waals surface area contributed by atoms with Crippen molar-refractivity contribution in [3.8, 4) is 0 Å². The molecule has 0 saturated heterocycles. The highest BCUT2D eigenvalue weighted by molar-refractivity contribution is 5.36. The lowest BCUT2D eigenvalue weighted by atomic mass is 9.74. The van der Waals surface area contributed by atoms with E-state index in [1.165, 1.54) is 24.3 Å². The van der Waals surface area contributed by atoms with Gasteiger partial charge in [-0.2, -0.15) is 26.3 Å². The van der Waals surface area contributed by atoms with Crippen LogP contribution in [0.25, 0.3) is 0 Å². The van der Waals surface area contributed by atoms with Crippen LogP contribution in [0.15, 0.2) is 36.4 Å². The van der Waals surface area contributed by atoms with Gasteiger partial charge in [0, 0.05) is 0 Å². The standard InChI is InChI=1S/C21H22F6/c1-13-8-9-17(10-15(13)3)11-19(20(22,23)24,21(25,26)27)12-18-7-5-6-14(2)16(18)4/h5-10H,11-12H2,1-4H3. The van der Waals surface area contributed by atoms with Crippen molar-refractivity contribution in [3.05, 3.63) is 69.8 Å². The predicted octanol–water partition coefficient (Wildman–Crippen LogP) is 6.82. The van der Waals surface area contributed by atoms with Gasteiger partial charge in [-0.1, -0.05) is 36.4 Å². The molecule has 0 aromatic heterocycles. The fraction of sp³-hybridized carbons (Fsp3) is 0.429. The lowest BCUT2D eigenvalue weighted by molar-refractivity contribution is -0.340. The summed E-state index contributed by atoms with van der Waals surface area (Å²) in [6.45, 7) is 6.66. The van der Waals surface area contributed by atoms with Gasteiger partial charge in [-0.05, 0) is 73.9 Å². The van der Waals surface area contributed by atoms with Crippen molar-refractivity contribution in [3.63, 3.8) is 0 Å². The molecule has 2 aromatic carbocycles. The molecule has 0 aliphatic rings. The highest BCUT2D eigenvalue weighted by atomic mass is 19.4. The van der Waals surface area contributed by atoms with Crippen molar-refractivity contribution in [2.75, 3.05) is 0 Å². The van der Waals surface area contributed by atoms with Crippen molar-refractivity contribution in [1.29, 1.82) is 0 Å². The van der Waals surface area contributed by atoms with Gasteiger partial charge in [0.05, 0.1) is 0 Å². The Morgan fingerprint density at radius 1 is 0.667 bits per heavy atom. The van der Waals surface area contributed by atoms with Gasteiger partial charge in [-0.25, -0.2) is 0 Å². The van der Waals surface area contributed by atoms with E-state index in [1.54, 1.807) is 39.8 Å². The van der Waals surface area contributed by atoms with Crippen LogP contribution in [0.4, 0.5) is 26.3 Å². The zero-order valence-corrected chi connectivity index (χ0v) is 15.6. The van der Waals surface area contributed by atoms with Crippen LogP contribution in [-0.4, -0.2) is 12.4 Å². The summed E-state index contributed by atoms with van der Waals surface area (Å²) in [5.74, 6) is 0. The van der Waals surface area contributed by atoms with Crippen molar-refractivity contribution in [2.24, 2.45) is 5.41 Å². The molecule has 0 heterocycles. The van der Waals surface area contributed by atoms with E-state index >= 15 is 0 Å². The second-order valence-electron chi connectivity index (χ2n) is 7.21. The third-order valence-corrected chi connectivity index (χ3v) is 5.37. The summed E-state index contributed by atoms with van der Waals surface area (Å²) >= 11 is 0. The van der Waals surface area contributed by atoms with E-state index in [0.717, 1.165) is 5.56 Å². The van der Waals surface area contributed by atoms with E-state index in [0.29, 0.717) is 16.7 Å².